The minimum absolute atomic E-state index is 0.0431. The molecule has 5 rings (SSSR count). The number of rotatable bonds is 12. The van der Waals surface area contributed by atoms with E-state index in [2.05, 4.69) is 27.8 Å². The van der Waals surface area contributed by atoms with Crippen LogP contribution < -0.4 is 10.6 Å². The maximum Gasteiger partial charge on any atom is 0.417 e. The molecule has 1 saturated carbocycles. The number of halogens is 3. The van der Waals surface area contributed by atoms with Crippen molar-refractivity contribution in [1.82, 2.24) is 20.1 Å². The molecule has 0 radical (unpaired) electrons. The number of alkyl halides is 3. The van der Waals surface area contributed by atoms with Gasteiger partial charge in [-0.2, -0.15) is 18.3 Å². The number of carbonyl (C=O) groups excluding carboxylic acids is 1. The lowest BCUT2D eigenvalue weighted by Gasteiger charge is -2.32. The van der Waals surface area contributed by atoms with Crippen molar-refractivity contribution in [2.75, 3.05) is 11.9 Å². The molecule has 3 N–H and O–H groups in total. The summed E-state index contributed by atoms with van der Waals surface area (Å²) in [4.78, 5) is 27.3. The van der Waals surface area contributed by atoms with E-state index < -0.39 is 17.7 Å². The van der Waals surface area contributed by atoms with Gasteiger partial charge in [0.2, 0.25) is 0 Å². The molecule has 0 aliphatic heterocycles. The van der Waals surface area contributed by atoms with Crippen LogP contribution in [-0.2, 0) is 23.8 Å². The Morgan fingerprint density at radius 1 is 0.956 bits per heavy atom. The van der Waals surface area contributed by atoms with Crippen LogP contribution in [0.2, 0.25) is 0 Å². The fraction of sp³-hybridized carbons (Fsp3) is 0.353. The van der Waals surface area contributed by atoms with Crippen molar-refractivity contribution >= 4 is 17.6 Å². The standard InChI is InChI=1S/C34H36F3N5O3/c35-34(36,37)26-14-18-30(39-21-26)42-22-28(29(41-42)17-11-23-7-3-1-4-8-23)32(24-9-5-2-6-10-24)40-27-15-12-25(13-16-27)33(45)38-20-19-31(43)44/h1,3-4,7-8,12-16,18,21-22,24,32,40H,2,5-6,9-11,17,19-20H2,(H,38,45)(H,43,44). The molecule has 11 heteroatoms. The molecule has 1 amide bonds. The SMILES string of the molecule is O=C(O)CCNC(=O)c1ccc(NC(c2cn(-c3ccc(C(F)(F)F)cn3)nc2CCc2ccccc2)C2CCCCC2)cc1. The molecular weight excluding hydrogens is 583 g/mol. The summed E-state index contributed by atoms with van der Waals surface area (Å²) in [5.41, 5.74) is 3.38. The van der Waals surface area contributed by atoms with Gasteiger partial charge in [-0.15, -0.1) is 0 Å². The number of aromatic nitrogens is 3. The highest BCUT2D eigenvalue weighted by atomic mass is 19.4. The van der Waals surface area contributed by atoms with Gasteiger partial charge in [-0.25, -0.2) is 9.67 Å². The van der Waals surface area contributed by atoms with Crippen LogP contribution in [0.15, 0.2) is 79.1 Å². The molecule has 1 aliphatic carbocycles. The van der Waals surface area contributed by atoms with Crippen molar-refractivity contribution in [2.45, 2.75) is 63.6 Å². The molecule has 2 aromatic carbocycles. The van der Waals surface area contributed by atoms with Crippen LogP contribution >= 0.6 is 0 Å². The molecule has 4 aromatic rings. The third-order valence-corrected chi connectivity index (χ3v) is 8.18. The molecule has 8 nitrogen and oxygen atoms in total. The van der Waals surface area contributed by atoms with Gasteiger partial charge < -0.3 is 15.7 Å². The van der Waals surface area contributed by atoms with Crippen LogP contribution in [0, 0.1) is 5.92 Å². The summed E-state index contributed by atoms with van der Waals surface area (Å²) in [6.07, 6.45) is 4.87. The topological polar surface area (TPSA) is 109 Å². The van der Waals surface area contributed by atoms with E-state index in [-0.39, 0.29) is 24.9 Å². The summed E-state index contributed by atoms with van der Waals surface area (Å²) in [6.45, 7) is 0.0431. The molecular formula is C34H36F3N5O3. The number of hydrogen-bond donors (Lipinski definition) is 3. The number of benzene rings is 2. The quantitative estimate of drug-likeness (QED) is 0.157. The molecule has 0 spiro atoms. The van der Waals surface area contributed by atoms with Crippen molar-refractivity contribution in [2.24, 2.45) is 5.92 Å². The fourth-order valence-corrected chi connectivity index (χ4v) is 5.79. The van der Waals surface area contributed by atoms with Crippen LogP contribution in [0.25, 0.3) is 5.82 Å². The van der Waals surface area contributed by atoms with Crippen LogP contribution in [0.4, 0.5) is 18.9 Å². The van der Waals surface area contributed by atoms with E-state index in [0.29, 0.717) is 23.7 Å². The third kappa shape index (κ3) is 8.49. The van der Waals surface area contributed by atoms with Gasteiger partial charge in [-0.1, -0.05) is 49.6 Å². The van der Waals surface area contributed by atoms with E-state index in [1.807, 2.05) is 36.5 Å². The number of aliphatic carboxylic acids is 1. The van der Waals surface area contributed by atoms with Gasteiger partial charge >= 0.3 is 12.1 Å². The first kappa shape index (κ1) is 31.7. The number of nitrogens with one attached hydrogen (secondary N) is 2. The van der Waals surface area contributed by atoms with Gasteiger partial charge in [-0.3, -0.25) is 9.59 Å². The van der Waals surface area contributed by atoms with Gasteiger partial charge in [-0.05, 0) is 73.6 Å². The van der Waals surface area contributed by atoms with Gasteiger partial charge in [0.1, 0.15) is 0 Å². The molecule has 1 fully saturated rings. The molecule has 1 aliphatic rings. The Morgan fingerprint density at radius 2 is 1.69 bits per heavy atom. The Morgan fingerprint density at radius 3 is 2.33 bits per heavy atom. The number of amides is 1. The monoisotopic (exact) mass is 619 g/mol. The summed E-state index contributed by atoms with van der Waals surface area (Å²) in [5.74, 6) is -0.730. The maximum absolute atomic E-state index is 13.2. The lowest BCUT2D eigenvalue weighted by atomic mass is 9.80. The summed E-state index contributed by atoms with van der Waals surface area (Å²) >= 11 is 0. The average molecular weight is 620 g/mol. The second-order valence-electron chi connectivity index (χ2n) is 11.4. The zero-order valence-corrected chi connectivity index (χ0v) is 24.8. The van der Waals surface area contributed by atoms with Crippen molar-refractivity contribution in [1.29, 1.82) is 0 Å². The number of nitrogens with zero attached hydrogens (tertiary/aromatic N) is 3. The Balaban J connectivity index is 1.45. The first-order chi connectivity index (χ1) is 21.7. The third-order valence-electron chi connectivity index (χ3n) is 8.18. The Bertz CT molecular complexity index is 1570. The van der Waals surface area contributed by atoms with Crippen LogP contribution in [-0.4, -0.2) is 38.3 Å². The first-order valence-electron chi connectivity index (χ1n) is 15.2. The van der Waals surface area contributed by atoms with Gasteiger partial charge in [0.15, 0.2) is 5.82 Å². The number of aryl methyl sites for hydroxylation is 2. The highest BCUT2D eigenvalue weighted by Crippen LogP contribution is 2.38. The normalized spacial score (nSPS) is 14.6. The van der Waals surface area contributed by atoms with Crippen LogP contribution in [0.1, 0.15) is 77.3 Å². The fourth-order valence-electron chi connectivity index (χ4n) is 5.79. The second kappa shape index (κ2) is 14.4. The number of carbonyl (C=O) groups is 2. The van der Waals surface area contributed by atoms with Gasteiger partial charge in [0, 0.05) is 35.8 Å². The zero-order chi connectivity index (χ0) is 31.8. The molecule has 45 heavy (non-hydrogen) atoms. The van der Waals surface area contributed by atoms with Crippen molar-refractivity contribution < 1.29 is 27.9 Å². The van der Waals surface area contributed by atoms with Gasteiger partial charge in [0.25, 0.3) is 5.91 Å². The first-order valence-corrected chi connectivity index (χ1v) is 15.2. The molecule has 1 atom stereocenters. The predicted molar refractivity (Wildman–Crippen MR) is 164 cm³/mol. The predicted octanol–water partition coefficient (Wildman–Crippen LogP) is 7.01. The minimum atomic E-state index is -4.48. The van der Waals surface area contributed by atoms with E-state index in [0.717, 1.165) is 66.9 Å². The van der Waals surface area contributed by atoms with Crippen LogP contribution in [0.3, 0.4) is 0 Å². The Labute approximate surface area is 259 Å². The number of anilines is 1. The smallest absolute Gasteiger partial charge is 0.417 e. The molecule has 0 bridgehead atoms. The summed E-state index contributed by atoms with van der Waals surface area (Å²) in [6, 6.07) is 19.3. The van der Waals surface area contributed by atoms with Gasteiger partial charge in [0.05, 0.1) is 23.7 Å². The molecule has 2 aromatic heterocycles. The maximum atomic E-state index is 13.2. The molecule has 2 heterocycles. The molecule has 236 valence electrons. The number of carboxylic acids is 1. The van der Waals surface area contributed by atoms with Crippen LogP contribution in [0.5, 0.6) is 0 Å². The van der Waals surface area contributed by atoms with Crippen molar-refractivity contribution in [3.05, 3.63) is 107 Å². The van der Waals surface area contributed by atoms with E-state index in [1.165, 1.54) is 12.5 Å². The number of pyridine rings is 1. The second-order valence-corrected chi connectivity index (χ2v) is 11.4. The lowest BCUT2D eigenvalue weighted by Crippen LogP contribution is -2.26. The Kier molecular flexibility index (Phi) is 10.2. The summed E-state index contributed by atoms with van der Waals surface area (Å²) in [7, 11) is 0. The number of carboxylic acid groups (broad SMARTS) is 1. The highest BCUT2D eigenvalue weighted by molar-refractivity contribution is 5.94. The highest BCUT2D eigenvalue weighted by Gasteiger charge is 2.32. The summed E-state index contributed by atoms with van der Waals surface area (Å²) in [5, 5.41) is 20.0. The minimum Gasteiger partial charge on any atom is -0.481 e. The zero-order valence-electron chi connectivity index (χ0n) is 24.8. The van der Waals surface area contributed by atoms with E-state index in [9.17, 15) is 22.8 Å². The van der Waals surface area contributed by atoms with Crippen molar-refractivity contribution in [3.63, 3.8) is 0 Å². The van der Waals surface area contributed by atoms with Crippen molar-refractivity contribution in [3.8, 4) is 5.82 Å². The average Bonchev–Trinajstić information content (AvgIpc) is 3.47. The largest absolute Gasteiger partial charge is 0.481 e. The number of hydrogen-bond acceptors (Lipinski definition) is 5. The Hall–Kier alpha value is -4.67. The van der Waals surface area contributed by atoms with E-state index in [1.54, 1.807) is 16.8 Å². The molecule has 0 saturated heterocycles. The summed E-state index contributed by atoms with van der Waals surface area (Å²) < 4.78 is 41.2. The van der Waals surface area contributed by atoms with E-state index in [4.69, 9.17) is 10.2 Å². The van der Waals surface area contributed by atoms with E-state index >= 15 is 0 Å². The lowest BCUT2D eigenvalue weighted by molar-refractivity contribution is -0.138. The molecule has 1 unspecified atom stereocenters.